The van der Waals surface area contributed by atoms with E-state index in [0.29, 0.717) is 18.2 Å². The summed E-state index contributed by atoms with van der Waals surface area (Å²) in [7, 11) is 0. The van der Waals surface area contributed by atoms with E-state index in [2.05, 4.69) is 17.2 Å². The molecule has 1 aromatic heterocycles. The largest absolute Gasteiger partial charge is 0.478 e. The first-order chi connectivity index (χ1) is 9.19. The van der Waals surface area contributed by atoms with Gasteiger partial charge in [0.2, 0.25) is 5.88 Å². The predicted molar refractivity (Wildman–Crippen MR) is 74.4 cm³/mol. The molecule has 1 N–H and O–H groups in total. The standard InChI is InChI=1S/C14H21N3O2/c1-3-19-13-5-4-12(10-15-13)16-14(18)17-8-6-11(2)7-9-17/h4-5,10-11H,3,6-9H2,1-2H3,(H,16,18). The predicted octanol–water partition coefficient (Wildman–Crippen LogP) is 2.74. The van der Waals surface area contributed by atoms with Gasteiger partial charge >= 0.3 is 6.03 Å². The molecule has 5 nitrogen and oxygen atoms in total. The molecule has 0 aliphatic carbocycles. The lowest BCUT2D eigenvalue weighted by Crippen LogP contribution is -2.40. The van der Waals surface area contributed by atoms with Crippen molar-refractivity contribution in [2.75, 3.05) is 25.0 Å². The van der Waals surface area contributed by atoms with Crippen LogP contribution in [0.3, 0.4) is 0 Å². The second kappa shape index (κ2) is 6.41. The fraction of sp³-hybridized carbons (Fsp3) is 0.571. The number of piperidine rings is 1. The molecular weight excluding hydrogens is 242 g/mol. The van der Waals surface area contributed by atoms with Crippen LogP contribution in [-0.4, -0.2) is 35.6 Å². The van der Waals surface area contributed by atoms with Crippen molar-refractivity contribution in [1.29, 1.82) is 0 Å². The highest BCUT2D eigenvalue weighted by atomic mass is 16.5. The Kier molecular flexibility index (Phi) is 4.60. The molecule has 5 heteroatoms. The van der Waals surface area contributed by atoms with Gasteiger partial charge in [-0.15, -0.1) is 0 Å². The minimum Gasteiger partial charge on any atom is -0.478 e. The molecule has 19 heavy (non-hydrogen) atoms. The third-order valence-electron chi connectivity index (χ3n) is 3.35. The molecule has 0 radical (unpaired) electrons. The summed E-state index contributed by atoms with van der Waals surface area (Å²) < 4.78 is 5.26. The van der Waals surface area contributed by atoms with Gasteiger partial charge in [-0.3, -0.25) is 0 Å². The first-order valence-corrected chi connectivity index (χ1v) is 6.84. The number of urea groups is 1. The van der Waals surface area contributed by atoms with Gasteiger partial charge in [-0.25, -0.2) is 9.78 Å². The Morgan fingerprint density at radius 3 is 2.79 bits per heavy atom. The van der Waals surface area contributed by atoms with Gasteiger partial charge in [0.1, 0.15) is 0 Å². The fourth-order valence-corrected chi connectivity index (χ4v) is 2.10. The van der Waals surface area contributed by atoms with Gasteiger partial charge in [0.05, 0.1) is 18.5 Å². The number of carbonyl (C=O) groups excluding carboxylic acids is 1. The maximum absolute atomic E-state index is 12.0. The van der Waals surface area contributed by atoms with Gasteiger partial charge in [0.25, 0.3) is 0 Å². The monoisotopic (exact) mass is 263 g/mol. The molecule has 0 atom stereocenters. The lowest BCUT2D eigenvalue weighted by atomic mass is 10.00. The number of rotatable bonds is 3. The Bertz CT molecular complexity index is 411. The number of aromatic nitrogens is 1. The summed E-state index contributed by atoms with van der Waals surface area (Å²) in [6.07, 6.45) is 3.78. The highest BCUT2D eigenvalue weighted by Gasteiger charge is 2.20. The third kappa shape index (κ3) is 3.84. The normalized spacial score (nSPS) is 16.2. The van der Waals surface area contributed by atoms with Gasteiger partial charge in [-0.05, 0) is 31.7 Å². The van der Waals surface area contributed by atoms with Crippen molar-refractivity contribution in [2.45, 2.75) is 26.7 Å². The molecule has 0 bridgehead atoms. The van der Waals surface area contributed by atoms with Crippen LogP contribution in [0.2, 0.25) is 0 Å². The Morgan fingerprint density at radius 1 is 1.47 bits per heavy atom. The Hall–Kier alpha value is -1.78. The zero-order valence-corrected chi connectivity index (χ0v) is 11.6. The Balaban J connectivity index is 1.88. The van der Waals surface area contributed by atoms with Crippen molar-refractivity contribution in [3.63, 3.8) is 0 Å². The quantitative estimate of drug-likeness (QED) is 0.912. The molecule has 2 heterocycles. The van der Waals surface area contributed by atoms with E-state index in [1.54, 1.807) is 12.3 Å². The highest BCUT2D eigenvalue weighted by Crippen LogP contribution is 2.17. The molecule has 0 spiro atoms. The summed E-state index contributed by atoms with van der Waals surface area (Å²) in [6, 6.07) is 3.53. The zero-order chi connectivity index (χ0) is 13.7. The summed E-state index contributed by atoms with van der Waals surface area (Å²) in [4.78, 5) is 18.0. The molecule has 0 aromatic carbocycles. The van der Waals surface area contributed by atoms with Crippen LogP contribution >= 0.6 is 0 Å². The molecule has 1 aliphatic heterocycles. The zero-order valence-electron chi connectivity index (χ0n) is 11.6. The minimum atomic E-state index is -0.0436. The van der Waals surface area contributed by atoms with Crippen molar-refractivity contribution in [3.8, 4) is 5.88 Å². The van der Waals surface area contributed by atoms with E-state index in [1.165, 1.54) is 0 Å². The summed E-state index contributed by atoms with van der Waals surface area (Å²) >= 11 is 0. The third-order valence-corrected chi connectivity index (χ3v) is 3.35. The summed E-state index contributed by atoms with van der Waals surface area (Å²) in [5, 5.41) is 2.86. The van der Waals surface area contributed by atoms with Crippen LogP contribution in [0, 0.1) is 5.92 Å². The van der Waals surface area contributed by atoms with E-state index in [0.717, 1.165) is 31.8 Å². The number of nitrogens with one attached hydrogen (secondary N) is 1. The first kappa shape index (κ1) is 13.6. The van der Waals surface area contributed by atoms with Crippen LogP contribution in [0.4, 0.5) is 10.5 Å². The molecule has 104 valence electrons. The average Bonchev–Trinajstić information content (AvgIpc) is 2.42. The number of anilines is 1. The molecule has 0 unspecified atom stereocenters. The Labute approximate surface area is 114 Å². The van der Waals surface area contributed by atoms with E-state index < -0.39 is 0 Å². The van der Waals surface area contributed by atoms with Crippen LogP contribution in [0.15, 0.2) is 18.3 Å². The van der Waals surface area contributed by atoms with Gasteiger partial charge in [-0.1, -0.05) is 6.92 Å². The Morgan fingerprint density at radius 2 is 2.21 bits per heavy atom. The van der Waals surface area contributed by atoms with Crippen molar-refractivity contribution in [2.24, 2.45) is 5.92 Å². The number of nitrogens with zero attached hydrogens (tertiary/aromatic N) is 2. The molecule has 0 saturated carbocycles. The van der Waals surface area contributed by atoms with Crippen molar-refractivity contribution >= 4 is 11.7 Å². The van der Waals surface area contributed by atoms with E-state index in [9.17, 15) is 4.79 Å². The fourth-order valence-electron chi connectivity index (χ4n) is 2.10. The molecule has 2 rings (SSSR count). The number of hydrogen-bond donors (Lipinski definition) is 1. The average molecular weight is 263 g/mol. The highest BCUT2D eigenvalue weighted by molar-refractivity contribution is 5.89. The number of hydrogen-bond acceptors (Lipinski definition) is 3. The minimum absolute atomic E-state index is 0.0436. The van der Waals surface area contributed by atoms with Crippen LogP contribution in [0.5, 0.6) is 5.88 Å². The van der Waals surface area contributed by atoms with Gasteiger partial charge in [-0.2, -0.15) is 0 Å². The number of carbonyl (C=O) groups is 1. The van der Waals surface area contributed by atoms with Gasteiger partial charge < -0.3 is 15.0 Å². The number of likely N-dealkylation sites (tertiary alicyclic amines) is 1. The lowest BCUT2D eigenvalue weighted by molar-refractivity contribution is 0.186. The second-order valence-corrected chi connectivity index (χ2v) is 4.92. The number of amides is 2. The molecule has 1 fully saturated rings. The molecular formula is C14H21N3O2. The van der Waals surface area contributed by atoms with E-state index in [4.69, 9.17) is 4.74 Å². The van der Waals surface area contributed by atoms with Crippen LogP contribution in [0.1, 0.15) is 26.7 Å². The van der Waals surface area contributed by atoms with Crippen molar-refractivity contribution in [3.05, 3.63) is 18.3 Å². The summed E-state index contributed by atoms with van der Waals surface area (Å²) in [5.41, 5.74) is 0.701. The van der Waals surface area contributed by atoms with Crippen LogP contribution < -0.4 is 10.1 Å². The second-order valence-electron chi connectivity index (χ2n) is 4.92. The van der Waals surface area contributed by atoms with Gasteiger partial charge in [0, 0.05) is 19.2 Å². The van der Waals surface area contributed by atoms with Crippen molar-refractivity contribution in [1.82, 2.24) is 9.88 Å². The number of pyridine rings is 1. The van der Waals surface area contributed by atoms with Gasteiger partial charge in [0.15, 0.2) is 0 Å². The molecule has 1 saturated heterocycles. The van der Waals surface area contributed by atoms with Crippen molar-refractivity contribution < 1.29 is 9.53 Å². The van der Waals surface area contributed by atoms with Crippen LogP contribution in [-0.2, 0) is 0 Å². The molecule has 1 aliphatic rings. The maximum Gasteiger partial charge on any atom is 0.321 e. The molecule has 2 amide bonds. The lowest BCUT2D eigenvalue weighted by Gasteiger charge is -2.30. The molecule has 1 aromatic rings. The number of ether oxygens (including phenoxy) is 1. The summed E-state index contributed by atoms with van der Waals surface area (Å²) in [6.45, 7) is 6.39. The van der Waals surface area contributed by atoms with E-state index in [1.807, 2.05) is 17.9 Å². The van der Waals surface area contributed by atoms with E-state index >= 15 is 0 Å². The smallest absolute Gasteiger partial charge is 0.321 e. The van der Waals surface area contributed by atoms with Crippen LogP contribution in [0.25, 0.3) is 0 Å². The maximum atomic E-state index is 12.0. The topological polar surface area (TPSA) is 54.5 Å². The van der Waals surface area contributed by atoms with E-state index in [-0.39, 0.29) is 6.03 Å². The first-order valence-electron chi connectivity index (χ1n) is 6.84. The summed E-state index contributed by atoms with van der Waals surface area (Å²) in [5.74, 6) is 1.29. The SMILES string of the molecule is CCOc1ccc(NC(=O)N2CCC(C)CC2)cn1.